The standard InChI is InChI=1S/C19H17ClN4O2/c20-18-15(24-13-5-4-8-16(24)23-18)9-10-17(25)21-11-12-22-19(26)14-6-2-1-3-7-14/h1-10,13H,11-12H2,(H,21,25)(H,22,26)/b10-9+. The van der Waals surface area contributed by atoms with E-state index in [1.54, 1.807) is 34.7 Å². The summed E-state index contributed by atoms with van der Waals surface area (Å²) < 4.78 is 1.80. The van der Waals surface area contributed by atoms with Crippen LogP contribution in [-0.4, -0.2) is 34.3 Å². The lowest BCUT2D eigenvalue weighted by molar-refractivity contribution is -0.116. The van der Waals surface area contributed by atoms with Crippen molar-refractivity contribution in [1.29, 1.82) is 0 Å². The number of nitrogens with zero attached hydrogens (tertiary/aromatic N) is 2. The zero-order valence-corrected chi connectivity index (χ0v) is 14.6. The minimum Gasteiger partial charge on any atom is -0.351 e. The second-order valence-electron chi connectivity index (χ2n) is 5.46. The van der Waals surface area contributed by atoms with E-state index < -0.39 is 0 Å². The molecule has 3 rings (SSSR count). The fourth-order valence-corrected chi connectivity index (χ4v) is 2.64. The van der Waals surface area contributed by atoms with Gasteiger partial charge in [-0.15, -0.1) is 0 Å². The Morgan fingerprint density at radius 2 is 1.77 bits per heavy atom. The Bertz CT molecular complexity index is 951. The molecule has 0 aliphatic rings. The van der Waals surface area contributed by atoms with Crippen LogP contribution in [0.25, 0.3) is 11.7 Å². The Kier molecular flexibility index (Phi) is 5.66. The highest BCUT2D eigenvalue weighted by Crippen LogP contribution is 2.18. The first-order valence-electron chi connectivity index (χ1n) is 8.07. The summed E-state index contributed by atoms with van der Waals surface area (Å²) in [7, 11) is 0. The smallest absolute Gasteiger partial charge is 0.251 e. The van der Waals surface area contributed by atoms with Gasteiger partial charge in [0.1, 0.15) is 5.65 Å². The van der Waals surface area contributed by atoms with Crippen molar-refractivity contribution < 1.29 is 9.59 Å². The van der Waals surface area contributed by atoms with Gasteiger partial charge in [0, 0.05) is 30.9 Å². The fourth-order valence-electron chi connectivity index (χ4n) is 2.40. The molecule has 7 heteroatoms. The molecule has 0 aliphatic heterocycles. The molecule has 2 heterocycles. The molecule has 1 aromatic carbocycles. The normalized spacial score (nSPS) is 11.0. The second-order valence-corrected chi connectivity index (χ2v) is 5.82. The van der Waals surface area contributed by atoms with Crippen molar-refractivity contribution in [2.75, 3.05) is 13.1 Å². The lowest BCUT2D eigenvalue weighted by atomic mass is 10.2. The van der Waals surface area contributed by atoms with Gasteiger partial charge in [-0.1, -0.05) is 35.9 Å². The van der Waals surface area contributed by atoms with Gasteiger partial charge >= 0.3 is 0 Å². The first-order chi connectivity index (χ1) is 12.6. The Hall–Kier alpha value is -3.12. The van der Waals surface area contributed by atoms with Gasteiger partial charge in [0.05, 0.1) is 5.69 Å². The van der Waals surface area contributed by atoms with E-state index in [1.165, 1.54) is 6.08 Å². The molecule has 6 nitrogen and oxygen atoms in total. The van der Waals surface area contributed by atoms with Crippen LogP contribution in [0.2, 0.25) is 5.15 Å². The maximum absolute atomic E-state index is 11.9. The van der Waals surface area contributed by atoms with E-state index in [-0.39, 0.29) is 11.8 Å². The van der Waals surface area contributed by atoms with E-state index >= 15 is 0 Å². The number of hydrogen-bond donors (Lipinski definition) is 2. The summed E-state index contributed by atoms with van der Waals surface area (Å²) in [5.74, 6) is -0.450. The molecule has 132 valence electrons. The van der Waals surface area contributed by atoms with Crippen LogP contribution >= 0.6 is 11.6 Å². The molecule has 0 unspecified atom stereocenters. The van der Waals surface area contributed by atoms with Gasteiger partial charge in [0.25, 0.3) is 5.91 Å². The number of imidazole rings is 1. The maximum atomic E-state index is 11.9. The maximum Gasteiger partial charge on any atom is 0.251 e. The van der Waals surface area contributed by atoms with E-state index in [1.807, 2.05) is 30.5 Å². The topological polar surface area (TPSA) is 75.5 Å². The van der Waals surface area contributed by atoms with Crippen molar-refractivity contribution in [1.82, 2.24) is 20.0 Å². The first kappa shape index (κ1) is 17.7. The molecule has 2 aromatic heterocycles. The summed E-state index contributed by atoms with van der Waals surface area (Å²) in [5.41, 5.74) is 1.93. The van der Waals surface area contributed by atoms with Crippen LogP contribution in [0, 0.1) is 0 Å². The quantitative estimate of drug-likeness (QED) is 0.518. The predicted octanol–water partition coefficient (Wildman–Crippen LogP) is 2.55. The number of halogens is 1. The number of carbonyl (C=O) groups is 2. The van der Waals surface area contributed by atoms with E-state index in [2.05, 4.69) is 15.6 Å². The minimum absolute atomic E-state index is 0.173. The molecule has 3 aromatic rings. The van der Waals surface area contributed by atoms with Crippen molar-refractivity contribution in [2.45, 2.75) is 0 Å². The molecule has 0 saturated heterocycles. The minimum atomic E-state index is -0.277. The Labute approximate surface area is 155 Å². The SMILES string of the molecule is O=C(/C=C/c1c(Cl)nc2ccccn12)NCCNC(=O)c1ccccc1. The van der Waals surface area contributed by atoms with Crippen molar-refractivity contribution in [3.05, 3.63) is 77.2 Å². The summed E-state index contributed by atoms with van der Waals surface area (Å²) >= 11 is 6.11. The van der Waals surface area contributed by atoms with Crippen LogP contribution in [-0.2, 0) is 4.79 Å². The third-order valence-corrected chi connectivity index (χ3v) is 3.94. The van der Waals surface area contributed by atoms with Gasteiger partial charge in [-0.3, -0.25) is 14.0 Å². The van der Waals surface area contributed by atoms with E-state index in [0.29, 0.717) is 35.1 Å². The molecule has 0 fully saturated rings. The number of carbonyl (C=O) groups excluding carboxylic acids is 2. The van der Waals surface area contributed by atoms with Crippen LogP contribution in [0.15, 0.2) is 60.8 Å². The summed E-state index contributed by atoms with van der Waals surface area (Å²) in [6.07, 6.45) is 4.83. The number of rotatable bonds is 6. The number of fused-ring (bicyclic) bond motifs is 1. The third-order valence-electron chi connectivity index (χ3n) is 3.66. The van der Waals surface area contributed by atoms with Crippen LogP contribution in [0.4, 0.5) is 0 Å². The number of benzene rings is 1. The molecular weight excluding hydrogens is 352 g/mol. The van der Waals surface area contributed by atoms with Gasteiger partial charge in [-0.2, -0.15) is 0 Å². The summed E-state index contributed by atoms with van der Waals surface area (Å²) in [6.45, 7) is 0.659. The van der Waals surface area contributed by atoms with E-state index in [0.717, 1.165) is 0 Å². The summed E-state index contributed by atoms with van der Waals surface area (Å²) in [5, 5.41) is 5.78. The number of amides is 2. The number of nitrogens with one attached hydrogen (secondary N) is 2. The van der Waals surface area contributed by atoms with Crippen LogP contribution < -0.4 is 10.6 Å². The Morgan fingerprint density at radius 1 is 1.04 bits per heavy atom. The molecule has 0 radical (unpaired) electrons. The number of aromatic nitrogens is 2. The van der Waals surface area contributed by atoms with Crippen molar-refractivity contribution in [3.63, 3.8) is 0 Å². The lowest BCUT2D eigenvalue weighted by Gasteiger charge is -2.05. The van der Waals surface area contributed by atoms with Gasteiger partial charge < -0.3 is 10.6 Å². The van der Waals surface area contributed by atoms with E-state index in [9.17, 15) is 9.59 Å². The Morgan fingerprint density at radius 3 is 2.58 bits per heavy atom. The van der Waals surface area contributed by atoms with Gasteiger partial charge in [0.15, 0.2) is 5.15 Å². The average Bonchev–Trinajstić information content (AvgIpc) is 2.99. The molecule has 0 spiro atoms. The van der Waals surface area contributed by atoms with Gasteiger partial charge in [-0.25, -0.2) is 4.98 Å². The van der Waals surface area contributed by atoms with E-state index in [4.69, 9.17) is 11.6 Å². The Balaban J connectivity index is 1.49. The summed E-state index contributed by atoms with van der Waals surface area (Å²) in [4.78, 5) is 28.0. The van der Waals surface area contributed by atoms with Crippen LogP contribution in [0.3, 0.4) is 0 Å². The second kappa shape index (κ2) is 8.31. The molecule has 26 heavy (non-hydrogen) atoms. The molecular formula is C19H17ClN4O2. The molecule has 2 amide bonds. The molecule has 2 N–H and O–H groups in total. The third kappa shape index (κ3) is 4.29. The largest absolute Gasteiger partial charge is 0.351 e. The first-order valence-corrected chi connectivity index (χ1v) is 8.44. The van der Waals surface area contributed by atoms with Gasteiger partial charge in [-0.05, 0) is 30.3 Å². The predicted molar refractivity (Wildman–Crippen MR) is 101 cm³/mol. The molecule has 0 saturated carbocycles. The van der Waals surface area contributed by atoms with Crippen molar-refractivity contribution >= 4 is 35.1 Å². The van der Waals surface area contributed by atoms with Crippen LogP contribution in [0.5, 0.6) is 0 Å². The van der Waals surface area contributed by atoms with Crippen LogP contribution in [0.1, 0.15) is 16.1 Å². The zero-order chi connectivity index (χ0) is 18.4. The van der Waals surface area contributed by atoms with Crippen molar-refractivity contribution in [3.8, 4) is 0 Å². The fraction of sp³-hybridized carbons (Fsp3) is 0.105. The number of hydrogen-bond acceptors (Lipinski definition) is 3. The highest BCUT2D eigenvalue weighted by molar-refractivity contribution is 6.31. The molecule has 0 atom stereocenters. The zero-order valence-electron chi connectivity index (χ0n) is 13.9. The summed E-state index contributed by atoms with van der Waals surface area (Å²) in [6, 6.07) is 14.5. The van der Waals surface area contributed by atoms with Crippen molar-refractivity contribution in [2.24, 2.45) is 0 Å². The average molecular weight is 369 g/mol. The highest BCUT2D eigenvalue weighted by atomic mass is 35.5. The molecule has 0 aliphatic carbocycles. The number of pyridine rings is 1. The monoisotopic (exact) mass is 368 g/mol. The molecule has 0 bridgehead atoms. The highest BCUT2D eigenvalue weighted by Gasteiger charge is 2.07. The van der Waals surface area contributed by atoms with Gasteiger partial charge in [0.2, 0.25) is 5.91 Å². The lowest BCUT2D eigenvalue weighted by Crippen LogP contribution is -2.33.